The molecule has 2 aromatic rings. The van der Waals surface area contributed by atoms with Gasteiger partial charge in [-0.1, -0.05) is 40.2 Å². The first-order valence-electron chi connectivity index (χ1n) is 9.88. The van der Waals surface area contributed by atoms with Gasteiger partial charge in [-0.3, -0.25) is 10.2 Å². The van der Waals surface area contributed by atoms with Crippen molar-refractivity contribution in [1.29, 1.82) is 0 Å². The number of nitrogens with zero attached hydrogens (tertiary/aromatic N) is 2. The highest BCUT2D eigenvalue weighted by molar-refractivity contribution is 9.10. The molecular weight excluding hydrogens is 416 g/mol. The lowest BCUT2D eigenvalue weighted by atomic mass is 9.93. The Balaban J connectivity index is 1.43. The highest BCUT2D eigenvalue weighted by Crippen LogP contribution is 2.29. The molecule has 0 bridgehead atoms. The molecular formula is C22H27BrN4O. The molecule has 2 fully saturated rings. The summed E-state index contributed by atoms with van der Waals surface area (Å²) in [5.74, 6) is 0.157. The maximum atomic E-state index is 13.2. The molecule has 2 aliphatic heterocycles. The summed E-state index contributed by atoms with van der Waals surface area (Å²) >= 11 is 3.53. The predicted octanol–water partition coefficient (Wildman–Crippen LogP) is 3.18. The molecule has 5 nitrogen and oxygen atoms in total. The second-order valence-corrected chi connectivity index (χ2v) is 8.61. The van der Waals surface area contributed by atoms with E-state index in [9.17, 15) is 4.79 Å². The first kappa shape index (κ1) is 19.4. The first-order valence-corrected chi connectivity index (χ1v) is 10.7. The Kier molecular flexibility index (Phi) is 5.71. The second kappa shape index (κ2) is 8.23. The molecule has 0 aromatic heterocycles. The molecule has 0 spiro atoms. The predicted molar refractivity (Wildman–Crippen MR) is 116 cm³/mol. The van der Waals surface area contributed by atoms with Crippen LogP contribution in [-0.2, 0) is 4.79 Å². The summed E-state index contributed by atoms with van der Waals surface area (Å²) in [6, 6.07) is 14.7. The largest absolute Gasteiger partial charge is 0.368 e. The van der Waals surface area contributed by atoms with Gasteiger partial charge in [0.15, 0.2) is 0 Å². The lowest BCUT2D eigenvalue weighted by Crippen LogP contribution is -2.51. The topological polar surface area (TPSA) is 47.6 Å². The minimum atomic E-state index is -0.0819. The van der Waals surface area contributed by atoms with Crippen molar-refractivity contribution in [2.24, 2.45) is 5.92 Å². The number of halogens is 1. The lowest BCUT2D eigenvalue weighted by Gasteiger charge is -2.38. The van der Waals surface area contributed by atoms with Crippen LogP contribution in [0.15, 0.2) is 46.9 Å². The molecule has 2 unspecified atom stereocenters. The van der Waals surface area contributed by atoms with Crippen molar-refractivity contribution >= 4 is 27.5 Å². The third-order valence-corrected chi connectivity index (χ3v) is 6.51. The Hall–Kier alpha value is -1.89. The standard InChI is InChI=1S/C22H27BrN4O/c1-15-5-3-8-20(16(15)2)26-9-11-27(12-10-26)22(28)19-14-24-25-21(19)17-6-4-7-18(23)13-17/h3-8,13,19,21,24-25H,9-12,14H2,1-2H3. The molecule has 0 radical (unpaired) electrons. The number of aryl methyl sites for hydroxylation is 1. The molecule has 0 saturated carbocycles. The summed E-state index contributed by atoms with van der Waals surface area (Å²) in [5.41, 5.74) is 11.6. The van der Waals surface area contributed by atoms with E-state index in [1.807, 2.05) is 17.0 Å². The van der Waals surface area contributed by atoms with Gasteiger partial charge in [-0.2, -0.15) is 0 Å². The number of piperazine rings is 1. The van der Waals surface area contributed by atoms with Gasteiger partial charge >= 0.3 is 0 Å². The van der Waals surface area contributed by atoms with Crippen LogP contribution in [0.5, 0.6) is 0 Å². The lowest BCUT2D eigenvalue weighted by molar-refractivity contribution is -0.135. The van der Waals surface area contributed by atoms with Gasteiger partial charge in [-0.05, 0) is 48.7 Å². The number of carbonyl (C=O) groups excluding carboxylic acids is 1. The average molecular weight is 443 g/mol. The van der Waals surface area contributed by atoms with Crippen LogP contribution < -0.4 is 15.8 Å². The number of benzene rings is 2. The van der Waals surface area contributed by atoms with E-state index in [1.54, 1.807) is 0 Å². The Morgan fingerprint density at radius 2 is 1.82 bits per heavy atom. The van der Waals surface area contributed by atoms with Crippen LogP contribution in [0, 0.1) is 19.8 Å². The normalized spacial score (nSPS) is 22.5. The van der Waals surface area contributed by atoms with Gasteiger partial charge in [0.05, 0.1) is 12.0 Å². The molecule has 2 aromatic carbocycles. The molecule has 2 heterocycles. The van der Waals surface area contributed by atoms with E-state index in [0.717, 1.165) is 36.2 Å². The number of hydrogen-bond donors (Lipinski definition) is 2. The molecule has 28 heavy (non-hydrogen) atoms. The Labute approximate surface area is 175 Å². The summed E-state index contributed by atoms with van der Waals surface area (Å²) in [7, 11) is 0. The zero-order valence-electron chi connectivity index (χ0n) is 16.4. The zero-order chi connectivity index (χ0) is 19.7. The summed E-state index contributed by atoms with van der Waals surface area (Å²) in [5, 5.41) is 0. The smallest absolute Gasteiger partial charge is 0.229 e. The minimum absolute atomic E-state index is 0.00190. The zero-order valence-corrected chi connectivity index (χ0v) is 18.0. The number of rotatable bonds is 3. The van der Waals surface area contributed by atoms with Crippen molar-refractivity contribution in [2.45, 2.75) is 19.9 Å². The number of nitrogens with one attached hydrogen (secondary N) is 2. The van der Waals surface area contributed by atoms with E-state index in [4.69, 9.17) is 0 Å². The minimum Gasteiger partial charge on any atom is -0.368 e. The van der Waals surface area contributed by atoms with Gasteiger partial charge in [0.25, 0.3) is 0 Å². The SMILES string of the molecule is Cc1cccc(N2CCN(C(=O)C3CNNC3c3cccc(Br)c3)CC2)c1C. The summed E-state index contributed by atoms with van der Waals surface area (Å²) in [6.45, 7) is 8.30. The van der Waals surface area contributed by atoms with Gasteiger partial charge in [0, 0.05) is 42.9 Å². The van der Waals surface area contributed by atoms with E-state index >= 15 is 0 Å². The van der Waals surface area contributed by atoms with Gasteiger partial charge in [0.2, 0.25) is 5.91 Å². The Morgan fingerprint density at radius 3 is 2.57 bits per heavy atom. The monoisotopic (exact) mass is 442 g/mol. The average Bonchev–Trinajstić information content (AvgIpc) is 3.20. The third-order valence-electron chi connectivity index (χ3n) is 6.01. The number of hydrogen-bond acceptors (Lipinski definition) is 4. The van der Waals surface area contributed by atoms with Crippen LogP contribution in [0.2, 0.25) is 0 Å². The number of carbonyl (C=O) groups is 1. The van der Waals surface area contributed by atoms with Crippen molar-refractivity contribution in [3.63, 3.8) is 0 Å². The van der Waals surface area contributed by atoms with E-state index in [0.29, 0.717) is 6.54 Å². The highest BCUT2D eigenvalue weighted by atomic mass is 79.9. The van der Waals surface area contributed by atoms with Crippen molar-refractivity contribution in [2.75, 3.05) is 37.6 Å². The van der Waals surface area contributed by atoms with Gasteiger partial charge < -0.3 is 9.80 Å². The highest BCUT2D eigenvalue weighted by Gasteiger charge is 2.37. The number of anilines is 1. The Bertz CT molecular complexity index is 863. The first-order chi connectivity index (χ1) is 13.5. The van der Waals surface area contributed by atoms with Crippen LogP contribution in [0.3, 0.4) is 0 Å². The molecule has 2 N–H and O–H groups in total. The van der Waals surface area contributed by atoms with E-state index in [2.05, 4.69) is 75.9 Å². The van der Waals surface area contributed by atoms with Crippen LogP contribution in [-0.4, -0.2) is 43.5 Å². The van der Waals surface area contributed by atoms with Gasteiger partial charge in [0.1, 0.15) is 0 Å². The molecule has 4 rings (SSSR count). The summed E-state index contributed by atoms with van der Waals surface area (Å²) in [6.07, 6.45) is 0. The Morgan fingerprint density at radius 1 is 1.07 bits per heavy atom. The van der Waals surface area contributed by atoms with Crippen molar-refractivity contribution < 1.29 is 4.79 Å². The second-order valence-electron chi connectivity index (χ2n) is 7.70. The fraction of sp³-hybridized carbons (Fsp3) is 0.409. The quantitative estimate of drug-likeness (QED) is 0.765. The molecule has 6 heteroatoms. The fourth-order valence-corrected chi connectivity index (χ4v) is 4.64. The molecule has 0 aliphatic carbocycles. The van der Waals surface area contributed by atoms with Crippen LogP contribution in [0.1, 0.15) is 22.7 Å². The van der Waals surface area contributed by atoms with E-state index in [1.165, 1.54) is 16.8 Å². The molecule has 2 atom stereocenters. The molecule has 2 aliphatic rings. The molecule has 1 amide bonds. The maximum Gasteiger partial charge on any atom is 0.229 e. The maximum absolute atomic E-state index is 13.2. The summed E-state index contributed by atoms with van der Waals surface area (Å²) in [4.78, 5) is 17.7. The van der Waals surface area contributed by atoms with Gasteiger partial charge in [-0.15, -0.1) is 0 Å². The van der Waals surface area contributed by atoms with Crippen molar-refractivity contribution in [1.82, 2.24) is 15.8 Å². The van der Waals surface area contributed by atoms with Gasteiger partial charge in [-0.25, -0.2) is 5.43 Å². The molecule has 148 valence electrons. The van der Waals surface area contributed by atoms with Crippen LogP contribution in [0.4, 0.5) is 5.69 Å². The van der Waals surface area contributed by atoms with Crippen molar-refractivity contribution in [3.05, 3.63) is 63.6 Å². The van der Waals surface area contributed by atoms with Crippen LogP contribution in [0.25, 0.3) is 0 Å². The van der Waals surface area contributed by atoms with E-state index < -0.39 is 0 Å². The third kappa shape index (κ3) is 3.81. The summed E-state index contributed by atoms with van der Waals surface area (Å²) < 4.78 is 1.03. The number of hydrazine groups is 1. The van der Waals surface area contributed by atoms with E-state index in [-0.39, 0.29) is 17.9 Å². The number of amides is 1. The van der Waals surface area contributed by atoms with Crippen molar-refractivity contribution in [3.8, 4) is 0 Å². The fourth-order valence-electron chi connectivity index (χ4n) is 4.22. The molecule has 2 saturated heterocycles. The van der Waals surface area contributed by atoms with Crippen LogP contribution >= 0.6 is 15.9 Å².